The molecule has 2 heterocycles. The van der Waals surface area contributed by atoms with Crippen molar-refractivity contribution < 1.29 is 4.42 Å². The summed E-state index contributed by atoms with van der Waals surface area (Å²) in [4.78, 5) is 4.73. The van der Waals surface area contributed by atoms with Crippen molar-refractivity contribution in [1.29, 1.82) is 0 Å². The zero-order chi connectivity index (χ0) is 20.1. The number of para-hydroxylation sites is 2. The van der Waals surface area contributed by atoms with Gasteiger partial charge in [-0.3, -0.25) is 4.40 Å². The molecule has 0 saturated heterocycles. The van der Waals surface area contributed by atoms with Gasteiger partial charge in [-0.1, -0.05) is 85.4 Å². The van der Waals surface area contributed by atoms with Crippen LogP contribution in [0.3, 0.4) is 0 Å². The minimum atomic E-state index is -2.17. The predicted molar refractivity (Wildman–Crippen MR) is 126 cm³/mol. The van der Waals surface area contributed by atoms with Gasteiger partial charge in [-0.25, -0.2) is 0 Å². The van der Waals surface area contributed by atoms with Gasteiger partial charge in [0.25, 0.3) is 0 Å². The second kappa shape index (κ2) is 6.44. The number of rotatable bonds is 3. The molecule has 0 spiro atoms. The van der Waals surface area contributed by atoms with Crippen LogP contribution in [0, 0.1) is 0 Å². The molecule has 0 fully saturated rings. The van der Waals surface area contributed by atoms with Crippen LogP contribution in [0.1, 0.15) is 0 Å². The predicted octanol–water partition coefficient (Wildman–Crippen LogP) is 4.33. The quantitative estimate of drug-likeness (QED) is 0.325. The van der Waals surface area contributed by atoms with E-state index in [4.69, 9.17) is 9.40 Å². The Hall–Kier alpha value is -3.63. The van der Waals surface area contributed by atoms with E-state index in [0.29, 0.717) is 5.84 Å². The Morgan fingerprint density at radius 2 is 1.30 bits per heavy atom. The minimum Gasteiger partial charge on any atom is -0.423 e. The van der Waals surface area contributed by atoms with Crippen molar-refractivity contribution >= 4 is 51.6 Å². The standard InChI is InChI=1S/C26H20N2OSi/c1-30(19-10-4-2-5-11-19,20-12-6-3-7-13-20)21-16-17-22-24(18-21)28-23-14-8-9-15-25(23)29-26(28)27-22/h2-18H,1H3. The fourth-order valence-electron chi connectivity index (χ4n) is 4.53. The van der Waals surface area contributed by atoms with E-state index in [-0.39, 0.29) is 0 Å². The summed E-state index contributed by atoms with van der Waals surface area (Å²) in [6.07, 6.45) is 0. The first kappa shape index (κ1) is 17.2. The van der Waals surface area contributed by atoms with Crippen LogP contribution in [-0.2, 0) is 0 Å². The highest BCUT2D eigenvalue weighted by Gasteiger charge is 2.34. The number of oxazole rings is 1. The number of hydrogen-bond acceptors (Lipinski definition) is 2. The van der Waals surface area contributed by atoms with Gasteiger partial charge in [0.15, 0.2) is 5.58 Å². The van der Waals surface area contributed by atoms with E-state index in [1.807, 2.05) is 18.2 Å². The summed E-state index contributed by atoms with van der Waals surface area (Å²) in [7, 11) is -2.17. The van der Waals surface area contributed by atoms with Crippen LogP contribution in [0.2, 0.25) is 6.55 Å². The molecule has 0 aliphatic rings. The third kappa shape index (κ3) is 2.41. The van der Waals surface area contributed by atoms with E-state index in [1.54, 1.807) is 0 Å². The average Bonchev–Trinajstić information content (AvgIpc) is 3.35. The molecule has 4 heteroatoms. The largest absolute Gasteiger partial charge is 0.423 e. The smallest absolute Gasteiger partial charge is 0.307 e. The van der Waals surface area contributed by atoms with Crippen LogP contribution in [-0.4, -0.2) is 17.5 Å². The third-order valence-electron chi connectivity index (χ3n) is 6.21. The van der Waals surface area contributed by atoms with E-state index in [0.717, 1.165) is 22.1 Å². The molecule has 0 radical (unpaired) electrons. The first-order chi connectivity index (χ1) is 14.7. The second-order valence-electron chi connectivity index (χ2n) is 7.86. The van der Waals surface area contributed by atoms with Crippen molar-refractivity contribution in [2.45, 2.75) is 6.55 Å². The fourth-order valence-corrected chi connectivity index (χ4v) is 8.10. The Morgan fingerprint density at radius 1 is 0.667 bits per heavy atom. The lowest BCUT2D eigenvalue weighted by molar-refractivity contribution is 0.643. The molecule has 0 aliphatic heterocycles. The van der Waals surface area contributed by atoms with E-state index >= 15 is 0 Å². The number of imidazole rings is 1. The van der Waals surface area contributed by atoms with Gasteiger partial charge >= 0.3 is 5.84 Å². The molecule has 0 bridgehead atoms. The van der Waals surface area contributed by atoms with Crippen molar-refractivity contribution in [2.75, 3.05) is 0 Å². The molecule has 6 aromatic rings. The molecule has 6 rings (SSSR count). The molecular formula is C26H20N2OSi. The molecule has 2 aromatic heterocycles. The van der Waals surface area contributed by atoms with Gasteiger partial charge in [0.1, 0.15) is 8.07 Å². The van der Waals surface area contributed by atoms with Crippen molar-refractivity contribution in [1.82, 2.24) is 9.38 Å². The summed E-state index contributed by atoms with van der Waals surface area (Å²) in [5.41, 5.74) is 3.96. The fraction of sp³-hybridized carbons (Fsp3) is 0.0385. The summed E-state index contributed by atoms with van der Waals surface area (Å²) in [6.45, 7) is 2.44. The monoisotopic (exact) mass is 404 g/mol. The zero-order valence-corrected chi connectivity index (χ0v) is 17.6. The first-order valence-electron chi connectivity index (χ1n) is 10.2. The lowest BCUT2D eigenvalue weighted by atomic mass is 10.3. The molecule has 30 heavy (non-hydrogen) atoms. The van der Waals surface area contributed by atoms with E-state index in [2.05, 4.69) is 95.9 Å². The number of fused-ring (bicyclic) bond motifs is 5. The van der Waals surface area contributed by atoms with Gasteiger partial charge < -0.3 is 4.42 Å². The van der Waals surface area contributed by atoms with Crippen LogP contribution in [0.25, 0.3) is 28.0 Å². The number of aromatic nitrogens is 2. The van der Waals surface area contributed by atoms with Crippen molar-refractivity contribution in [3.8, 4) is 0 Å². The summed E-state index contributed by atoms with van der Waals surface area (Å²) in [6, 6.07) is 36.6. The molecule has 0 unspecified atom stereocenters. The van der Waals surface area contributed by atoms with Gasteiger partial charge in [0.05, 0.1) is 16.6 Å². The Morgan fingerprint density at radius 3 is 2.00 bits per heavy atom. The highest BCUT2D eigenvalue weighted by molar-refractivity contribution is 7.10. The number of hydrogen-bond donors (Lipinski definition) is 0. The van der Waals surface area contributed by atoms with Gasteiger partial charge in [0.2, 0.25) is 0 Å². The molecular weight excluding hydrogens is 384 g/mol. The average molecular weight is 405 g/mol. The van der Waals surface area contributed by atoms with Gasteiger partial charge in [-0.2, -0.15) is 4.98 Å². The van der Waals surface area contributed by atoms with Crippen LogP contribution in [0.4, 0.5) is 0 Å². The van der Waals surface area contributed by atoms with Crippen molar-refractivity contribution in [2.24, 2.45) is 0 Å². The lowest BCUT2D eigenvalue weighted by Crippen LogP contribution is -2.64. The van der Waals surface area contributed by atoms with Crippen LogP contribution in [0.15, 0.2) is 108 Å². The summed E-state index contributed by atoms with van der Waals surface area (Å²) in [5.74, 6) is 0.645. The second-order valence-corrected chi connectivity index (χ2v) is 11.8. The van der Waals surface area contributed by atoms with Crippen LogP contribution < -0.4 is 15.6 Å². The highest BCUT2D eigenvalue weighted by Crippen LogP contribution is 2.25. The SMILES string of the molecule is C[Si](c1ccccc1)(c1ccccc1)c1ccc2nc3oc4ccccc4n3c2c1. The van der Waals surface area contributed by atoms with Crippen LogP contribution in [0.5, 0.6) is 0 Å². The Kier molecular flexibility index (Phi) is 3.70. The van der Waals surface area contributed by atoms with Gasteiger partial charge in [0, 0.05) is 0 Å². The third-order valence-corrected chi connectivity index (χ3v) is 10.7. The summed E-state index contributed by atoms with van der Waals surface area (Å²) < 4.78 is 8.13. The highest BCUT2D eigenvalue weighted by atomic mass is 28.3. The van der Waals surface area contributed by atoms with E-state index in [9.17, 15) is 0 Å². The first-order valence-corrected chi connectivity index (χ1v) is 12.7. The molecule has 0 aliphatic carbocycles. The maximum absolute atomic E-state index is 6.00. The topological polar surface area (TPSA) is 30.4 Å². The Bertz CT molecular complexity index is 1460. The molecule has 0 N–H and O–H groups in total. The Labute approximate surface area is 175 Å². The van der Waals surface area contributed by atoms with Crippen molar-refractivity contribution in [3.63, 3.8) is 0 Å². The molecule has 0 atom stereocenters. The molecule has 144 valence electrons. The maximum atomic E-state index is 6.00. The van der Waals surface area contributed by atoms with Gasteiger partial charge in [-0.15, -0.1) is 0 Å². The number of benzene rings is 4. The maximum Gasteiger partial charge on any atom is 0.307 e. The molecule has 3 nitrogen and oxygen atoms in total. The molecule has 0 amide bonds. The Balaban J connectivity index is 1.67. The van der Waals surface area contributed by atoms with Crippen molar-refractivity contribution in [3.05, 3.63) is 103 Å². The van der Waals surface area contributed by atoms with E-state index in [1.165, 1.54) is 15.6 Å². The summed E-state index contributed by atoms with van der Waals surface area (Å²) >= 11 is 0. The molecule has 0 saturated carbocycles. The number of nitrogens with zero attached hydrogens (tertiary/aromatic N) is 2. The van der Waals surface area contributed by atoms with E-state index < -0.39 is 8.07 Å². The zero-order valence-electron chi connectivity index (χ0n) is 16.6. The van der Waals surface area contributed by atoms with Gasteiger partial charge in [-0.05, 0) is 39.8 Å². The lowest BCUT2D eigenvalue weighted by Gasteiger charge is -2.29. The molecule has 4 aromatic carbocycles. The summed E-state index contributed by atoms with van der Waals surface area (Å²) in [5, 5.41) is 4.15. The van der Waals surface area contributed by atoms with Crippen LogP contribution >= 0.6 is 0 Å². The normalized spacial score (nSPS) is 12.2. The minimum absolute atomic E-state index is 0.645.